The standard InChI is InChI=1S/C14H18N2O2/c1-8-5-9-6-11-10(3-4-12(16-11)18-2)14(15,7-8)13(9)17/h3-5,9,13,17H,6-7,15H2,1-2H3/t9-,13+,14-/m0/s1. The average molecular weight is 246 g/mol. The summed E-state index contributed by atoms with van der Waals surface area (Å²) in [5.41, 5.74) is 8.92. The van der Waals surface area contributed by atoms with Crippen LogP contribution in [-0.2, 0) is 12.0 Å². The first-order valence-corrected chi connectivity index (χ1v) is 6.23. The predicted octanol–water partition coefficient (Wildman–Crippen LogP) is 1.13. The van der Waals surface area contributed by atoms with Gasteiger partial charge in [0.1, 0.15) is 0 Å². The van der Waals surface area contributed by atoms with Crippen molar-refractivity contribution in [3.05, 3.63) is 35.0 Å². The molecule has 0 aliphatic heterocycles. The summed E-state index contributed by atoms with van der Waals surface area (Å²) in [4.78, 5) is 4.48. The maximum Gasteiger partial charge on any atom is 0.213 e. The van der Waals surface area contributed by atoms with Crippen LogP contribution in [0, 0.1) is 5.92 Å². The van der Waals surface area contributed by atoms with Crippen molar-refractivity contribution in [2.45, 2.75) is 31.4 Å². The Morgan fingerprint density at radius 2 is 2.28 bits per heavy atom. The summed E-state index contributed by atoms with van der Waals surface area (Å²) in [6, 6.07) is 3.76. The maximum absolute atomic E-state index is 10.4. The third-order valence-electron chi connectivity index (χ3n) is 4.09. The van der Waals surface area contributed by atoms with Crippen LogP contribution < -0.4 is 10.5 Å². The molecule has 2 aliphatic rings. The van der Waals surface area contributed by atoms with Gasteiger partial charge in [-0.05, 0) is 31.4 Å². The number of rotatable bonds is 1. The van der Waals surface area contributed by atoms with Crippen molar-refractivity contribution in [2.75, 3.05) is 7.11 Å². The van der Waals surface area contributed by atoms with E-state index in [-0.39, 0.29) is 5.92 Å². The molecule has 0 spiro atoms. The van der Waals surface area contributed by atoms with E-state index in [1.165, 1.54) is 5.57 Å². The number of hydrogen-bond donors (Lipinski definition) is 2. The van der Waals surface area contributed by atoms with Crippen LogP contribution in [0.3, 0.4) is 0 Å². The first-order valence-electron chi connectivity index (χ1n) is 6.23. The van der Waals surface area contributed by atoms with Crippen LogP contribution in [0.15, 0.2) is 23.8 Å². The SMILES string of the molecule is COc1ccc2c(n1)C[C@@H]1C=C(C)C[C@@]2(N)[C@@H]1O. The Hall–Kier alpha value is -1.39. The van der Waals surface area contributed by atoms with Crippen LogP contribution >= 0.6 is 0 Å². The van der Waals surface area contributed by atoms with E-state index in [1.807, 2.05) is 12.1 Å². The normalized spacial score (nSPS) is 33.7. The Balaban J connectivity index is 2.15. The quantitative estimate of drug-likeness (QED) is 0.729. The smallest absolute Gasteiger partial charge is 0.213 e. The number of hydrogen-bond acceptors (Lipinski definition) is 4. The largest absolute Gasteiger partial charge is 0.481 e. The van der Waals surface area contributed by atoms with Crippen molar-refractivity contribution in [3.63, 3.8) is 0 Å². The molecule has 2 aliphatic carbocycles. The lowest BCUT2D eigenvalue weighted by Crippen LogP contribution is -2.56. The van der Waals surface area contributed by atoms with E-state index in [0.29, 0.717) is 12.3 Å². The molecule has 1 aromatic rings. The second kappa shape index (κ2) is 3.80. The molecule has 4 nitrogen and oxygen atoms in total. The number of aliphatic hydroxyl groups is 1. The molecule has 0 saturated carbocycles. The summed E-state index contributed by atoms with van der Waals surface area (Å²) in [5.74, 6) is 0.670. The first-order chi connectivity index (χ1) is 8.54. The van der Waals surface area contributed by atoms with Crippen molar-refractivity contribution in [3.8, 4) is 5.88 Å². The molecule has 1 aromatic heterocycles. The third-order valence-corrected chi connectivity index (χ3v) is 4.09. The number of nitrogens with two attached hydrogens (primary N) is 1. The van der Waals surface area contributed by atoms with E-state index in [9.17, 15) is 5.11 Å². The fourth-order valence-corrected chi connectivity index (χ4v) is 3.29. The molecule has 0 radical (unpaired) electrons. The number of methoxy groups -OCH3 is 1. The van der Waals surface area contributed by atoms with E-state index in [1.54, 1.807) is 7.11 Å². The summed E-state index contributed by atoms with van der Waals surface area (Å²) in [6.07, 6.45) is 3.01. The van der Waals surface area contributed by atoms with Crippen LogP contribution in [0.2, 0.25) is 0 Å². The lowest BCUT2D eigenvalue weighted by molar-refractivity contribution is 0.0269. The molecule has 3 rings (SSSR count). The molecule has 3 atom stereocenters. The number of nitrogens with zero attached hydrogens (tertiary/aromatic N) is 1. The Bertz CT molecular complexity index is 527. The molecule has 0 fully saturated rings. The van der Waals surface area contributed by atoms with Crippen molar-refractivity contribution in [1.82, 2.24) is 4.98 Å². The van der Waals surface area contributed by atoms with Gasteiger partial charge in [0.05, 0.1) is 24.4 Å². The van der Waals surface area contributed by atoms with Crippen LogP contribution in [0.4, 0.5) is 0 Å². The molecule has 3 N–H and O–H groups in total. The molecule has 0 aromatic carbocycles. The van der Waals surface area contributed by atoms with E-state index in [0.717, 1.165) is 17.7 Å². The molecule has 18 heavy (non-hydrogen) atoms. The van der Waals surface area contributed by atoms with E-state index >= 15 is 0 Å². The molecular weight excluding hydrogens is 228 g/mol. The molecule has 0 unspecified atom stereocenters. The van der Waals surface area contributed by atoms with Crippen LogP contribution in [0.5, 0.6) is 5.88 Å². The zero-order chi connectivity index (χ0) is 12.9. The highest BCUT2D eigenvalue weighted by molar-refractivity contribution is 5.41. The summed E-state index contributed by atoms with van der Waals surface area (Å²) in [7, 11) is 1.61. The van der Waals surface area contributed by atoms with Gasteiger partial charge in [0.2, 0.25) is 5.88 Å². The van der Waals surface area contributed by atoms with Gasteiger partial charge in [0.15, 0.2) is 0 Å². The topological polar surface area (TPSA) is 68.4 Å². The highest BCUT2D eigenvalue weighted by Crippen LogP contribution is 2.44. The number of ether oxygens (including phenoxy) is 1. The number of pyridine rings is 1. The maximum atomic E-state index is 10.4. The minimum atomic E-state index is -0.698. The van der Waals surface area contributed by atoms with Crippen LogP contribution in [0.25, 0.3) is 0 Å². The second-order valence-electron chi connectivity index (χ2n) is 5.39. The lowest BCUT2D eigenvalue weighted by Gasteiger charge is -2.46. The highest BCUT2D eigenvalue weighted by atomic mass is 16.5. The molecule has 2 bridgehead atoms. The fourth-order valence-electron chi connectivity index (χ4n) is 3.29. The number of aliphatic hydroxyl groups excluding tert-OH is 1. The fraction of sp³-hybridized carbons (Fsp3) is 0.500. The van der Waals surface area contributed by atoms with E-state index < -0.39 is 11.6 Å². The van der Waals surface area contributed by atoms with Gasteiger partial charge in [0, 0.05) is 12.0 Å². The third kappa shape index (κ3) is 1.49. The first kappa shape index (κ1) is 11.7. The highest BCUT2D eigenvalue weighted by Gasteiger charge is 2.47. The Morgan fingerprint density at radius 1 is 1.50 bits per heavy atom. The van der Waals surface area contributed by atoms with Crippen molar-refractivity contribution in [2.24, 2.45) is 11.7 Å². The zero-order valence-electron chi connectivity index (χ0n) is 10.7. The molecule has 96 valence electrons. The number of fused-ring (bicyclic) bond motifs is 4. The van der Waals surface area contributed by atoms with Crippen LogP contribution in [0.1, 0.15) is 24.6 Å². The monoisotopic (exact) mass is 246 g/mol. The summed E-state index contributed by atoms with van der Waals surface area (Å²) >= 11 is 0. The number of aromatic nitrogens is 1. The van der Waals surface area contributed by atoms with Crippen molar-refractivity contribution in [1.29, 1.82) is 0 Å². The molecule has 0 amide bonds. The van der Waals surface area contributed by atoms with Crippen molar-refractivity contribution >= 4 is 0 Å². The minimum Gasteiger partial charge on any atom is -0.481 e. The lowest BCUT2D eigenvalue weighted by atomic mass is 9.65. The molecule has 1 heterocycles. The minimum absolute atomic E-state index is 0.0656. The summed E-state index contributed by atoms with van der Waals surface area (Å²) in [5, 5.41) is 10.4. The van der Waals surface area contributed by atoms with Crippen molar-refractivity contribution < 1.29 is 9.84 Å². The van der Waals surface area contributed by atoms with Gasteiger partial charge < -0.3 is 15.6 Å². The average Bonchev–Trinajstić information content (AvgIpc) is 2.33. The van der Waals surface area contributed by atoms with Gasteiger partial charge >= 0.3 is 0 Å². The molecule has 4 heteroatoms. The van der Waals surface area contributed by atoms with Gasteiger partial charge in [0.25, 0.3) is 0 Å². The summed E-state index contributed by atoms with van der Waals surface area (Å²) < 4.78 is 5.15. The summed E-state index contributed by atoms with van der Waals surface area (Å²) in [6.45, 7) is 2.07. The Labute approximate surface area is 106 Å². The zero-order valence-corrected chi connectivity index (χ0v) is 10.7. The predicted molar refractivity (Wildman–Crippen MR) is 68.2 cm³/mol. The second-order valence-corrected chi connectivity index (χ2v) is 5.39. The van der Waals surface area contributed by atoms with Gasteiger partial charge in [-0.25, -0.2) is 4.98 Å². The van der Waals surface area contributed by atoms with E-state index in [2.05, 4.69) is 18.0 Å². The van der Waals surface area contributed by atoms with Gasteiger partial charge in [-0.3, -0.25) is 0 Å². The van der Waals surface area contributed by atoms with Gasteiger partial charge in [-0.15, -0.1) is 0 Å². The molecular formula is C14H18N2O2. The molecule has 0 saturated heterocycles. The van der Waals surface area contributed by atoms with E-state index in [4.69, 9.17) is 10.5 Å². The van der Waals surface area contributed by atoms with Gasteiger partial charge in [-0.2, -0.15) is 0 Å². The Morgan fingerprint density at radius 3 is 3.00 bits per heavy atom. The van der Waals surface area contributed by atoms with Crippen LogP contribution in [-0.4, -0.2) is 23.3 Å². The Kier molecular flexibility index (Phi) is 2.47. The van der Waals surface area contributed by atoms with Gasteiger partial charge in [-0.1, -0.05) is 11.6 Å².